The van der Waals surface area contributed by atoms with E-state index in [1.165, 1.54) is 0 Å². The number of nitrogens with zero attached hydrogens (tertiary/aromatic N) is 1. The van der Waals surface area contributed by atoms with Gasteiger partial charge in [0.25, 0.3) is 5.91 Å². The van der Waals surface area contributed by atoms with Crippen molar-refractivity contribution in [3.63, 3.8) is 0 Å². The Morgan fingerprint density at radius 1 is 1.22 bits per heavy atom. The molecule has 148 valence electrons. The van der Waals surface area contributed by atoms with Gasteiger partial charge in [-0.1, -0.05) is 18.5 Å². The third-order valence-corrected chi connectivity index (χ3v) is 4.82. The summed E-state index contributed by atoms with van der Waals surface area (Å²) in [4.78, 5) is 38.9. The summed E-state index contributed by atoms with van der Waals surface area (Å²) in [7, 11) is 0. The second kappa shape index (κ2) is 9.74. The Kier molecular flexibility index (Phi) is 7.66. The first-order valence-corrected chi connectivity index (χ1v) is 9.88. The number of amides is 3. The lowest BCUT2D eigenvalue weighted by molar-refractivity contribution is -0.134. The molecular formula is C20H28ClN3O3. The highest BCUT2D eigenvalue weighted by molar-refractivity contribution is 6.31. The van der Waals surface area contributed by atoms with E-state index in [1.54, 1.807) is 18.2 Å². The highest BCUT2D eigenvalue weighted by Gasteiger charge is 2.27. The molecule has 1 aromatic carbocycles. The van der Waals surface area contributed by atoms with Crippen molar-refractivity contribution in [2.24, 2.45) is 5.92 Å². The van der Waals surface area contributed by atoms with Crippen molar-refractivity contribution in [1.29, 1.82) is 0 Å². The fourth-order valence-corrected chi connectivity index (χ4v) is 3.33. The normalized spacial score (nSPS) is 14.9. The Bertz CT molecular complexity index is 698. The number of halogens is 1. The molecule has 1 heterocycles. The van der Waals surface area contributed by atoms with Crippen molar-refractivity contribution >= 4 is 35.0 Å². The maximum atomic E-state index is 12.7. The topological polar surface area (TPSA) is 78.5 Å². The molecule has 0 atom stereocenters. The van der Waals surface area contributed by atoms with Crippen molar-refractivity contribution in [1.82, 2.24) is 10.2 Å². The summed E-state index contributed by atoms with van der Waals surface area (Å²) >= 11 is 6.05. The first-order valence-electron chi connectivity index (χ1n) is 9.50. The molecule has 2 rings (SSSR count). The van der Waals surface area contributed by atoms with Crippen LogP contribution in [-0.4, -0.2) is 41.8 Å². The molecule has 0 saturated carbocycles. The number of carbonyl (C=O) groups is 3. The van der Waals surface area contributed by atoms with Gasteiger partial charge in [0.2, 0.25) is 11.8 Å². The van der Waals surface area contributed by atoms with E-state index >= 15 is 0 Å². The summed E-state index contributed by atoms with van der Waals surface area (Å²) in [5, 5.41) is 6.13. The largest absolute Gasteiger partial charge is 0.350 e. The Morgan fingerprint density at radius 3 is 2.48 bits per heavy atom. The first kappa shape index (κ1) is 21.2. The van der Waals surface area contributed by atoms with Crippen LogP contribution in [0.15, 0.2) is 18.2 Å². The van der Waals surface area contributed by atoms with E-state index in [-0.39, 0.29) is 29.7 Å². The molecule has 6 nitrogen and oxygen atoms in total. The van der Waals surface area contributed by atoms with Gasteiger partial charge in [0, 0.05) is 36.5 Å². The lowest BCUT2D eigenvalue weighted by atomic mass is 9.95. The quantitative estimate of drug-likeness (QED) is 0.776. The Hall–Kier alpha value is -2.08. The molecule has 0 spiro atoms. The summed E-state index contributed by atoms with van der Waals surface area (Å²) < 4.78 is 0. The molecule has 1 aliphatic rings. The number of benzene rings is 1. The Labute approximate surface area is 165 Å². The van der Waals surface area contributed by atoms with Crippen molar-refractivity contribution in [3.8, 4) is 0 Å². The molecule has 27 heavy (non-hydrogen) atoms. The highest BCUT2D eigenvalue weighted by Crippen LogP contribution is 2.24. The van der Waals surface area contributed by atoms with Gasteiger partial charge in [0.15, 0.2) is 0 Å². The number of carbonyl (C=O) groups excluding carboxylic acids is 3. The molecule has 0 unspecified atom stereocenters. The van der Waals surface area contributed by atoms with E-state index in [2.05, 4.69) is 10.6 Å². The van der Waals surface area contributed by atoms with E-state index < -0.39 is 0 Å². The molecule has 0 aromatic heterocycles. The van der Waals surface area contributed by atoms with E-state index in [0.717, 1.165) is 6.42 Å². The minimum atomic E-state index is -0.253. The summed E-state index contributed by atoms with van der Waals surface area (Å²) in [6.45, 7) is 6.91. The SMILES string of the molecule is CCCC(=O)N1CCC(C(=O)Nc2cc(Cl)ccc2C(=O)NC(C)C)CC1. The van der Waals surface area contributed by atoms with Gasteiger partial charge in [-0.2, -0.15) is 0 Å². The predicted octanol–water partition coefficient (Wildman–Crippen LogP) is 3.46. The van der Waals surface area contributed by atoms with E-state index in [9.17, 15) is 14.4 Å². The van der Waals surface area contributed by atoms with Crippen LogP contribution in [0, 0.1) is 5.92 Å². The van der Waals surface area contributed by atoms with Crippen LogP contribution in [0.25, 0.3) is 0 Å². The van der Waals surface area contributed by atoms with Crippen molar-refractivity contribution in [3.05, 3.63) is 28.8 Å². The van der Waals surface area contributed by atoms with Crippen LogP contribution in [-0.2, 0) is 9.59 Å². The Morgan fingerprint density at radius 2 is 1.89 bits per heavy atom. The fourth-order valence-electron chi connectivity index (χ4n) is 3.16. The van der Waals surface area contributed by atoms with Gasteiger partial charge in [0.05, 0.1) is 11.3 Å². The van der Waals surface area contributed by atoms with Gasteiger partial charge in [-0.15, -0.1) is 0 Å². The Balaban J connectivity index is 2.03. The number of likely N-dealkylation sites (tertiary alicyclic amines) is 1. The zero-order chi connectivity index (χ0) is 20.0. The summed E-state index contributed by atoms with van der Waals surface area (Å²) in [6, 6.07) is 4.82. The molecule has 0 bridgehead atoms. The monoisotopic (exact) mass is 393 g/mol. The number of rotatable bonds is 6. The van der Waals surface area contributed by atoms with Crippen LogP contribution < -0.4 is 10.6 Å². The van der Waals surface area contributed by atoms with Crippen LogP contribution >= 0.6 is 11.6 Å². The van der Waals surface area contributed by atoms with E-state index in [0.29, 0.717) is 48.6 Å². The number of anilines is 1. The zero-order valence-corrected chi connectivity index (χ0v) is 16.9. The van der Waals surface area contributed by atoms with Crippen LogP contribution in [0.5, 0.6) is 0 Å². The van der Waals surface area contributed by atoms with Crippen LogP contribution in [0.1, 0.15) is 56.8 Å². The molecule has 1 fully saturated rings. The zero-order valence-electron chi connectivity index (χ0n) is 16.2. The standard InChI is InChI=1S/C20H28ClN3O3/c1-4-5-18(25)24-10-8-14(9-11-24)19(26)23-17-12-15(21)6-7-16(17)20(27)22-13(2)3/h6-7,12-14H,4-5,8-11H2,1-3H3,(H,22,27)(H,23,26). The molecular weight excluding hydrogens is 366 g/mol. The molecule has 2 N–H and O–H groups in total. The number of nitrogens with one attached hydrogen (secondary N) is 2. The predicted molar refractivity (Wildman–Crippen MR) is 107 cm³/mol. The fraction of sp³-hybridized carbons (Fsp3) is 0.550. The van der Waals surface area contributed by atoms with Crippen LogP contribution in [0.4, 0.5) is 5.69 Å². The highest BCUT2D eigenvalue weighted by atomic mass is 35.5. The van der Waals surface area contributed by atoms with Crippen molar-refractivity contribution < 1.29 is 14.4 Å². The average Bonchev–Trinajstić information content (AvgIpc) is 2.61. The van der Waals surface area contributed by atoms with Gasteiger partial charge < -0.3 is 15.5 Å². The van der Waals surface area contributed by atoms with Gasteiger partial charge in [-0.25, -0.2) is 0 Å². The average molecular weight is 394 g/mol. The number of hydrogen-bond donors (Lipinski definition) is 2. The van der Waals surface area contributed by atoms with Gasteiger partial charge in [-0.3, -0.25) is 14.4 Å². The molecule has 0 radical (unpaired) electrons. The molecule has 3 amide bonds. The van der Waals surface area contributed by atoms with Crippen LogP contribution in [0.3, 0.4) is 0 Å². The molecule has 1 saturated heterocycles. The summed E-state index contributed by atoms with van der Waals surface area (Å²) in [5.41, 5.74) is 0.798. The van der Waals surface area contributed by atoms with E-state index in [4.69, 9.17) is 11.6 Å². The third-order valence-electron chi connectivity index (χ3n) is 4.59. The number of piperidine rings is 1. The lowest BCUT2D eigenvalue weighted by Gasteiger charge is -2.31. The third kappa shape index (κ3) is 5.96. The van der Waals surface area contributed by atoms with Crippen molar-refractivity contribution in [2.75, 3.05) is 18.4 Å². The van der Waals surface area contributed by atoms with Gasteiger partial charge in [-0.05, 0) is 51.3 Å². The maximum absolute atomic E-state index is 12.7. The van der Waals surface area contributed by atoms with E-state index in [1.807, 2.05) is 25.7 Å². The number of hydrogen-bond acceptors (Lipinski definition) is 3. The second-order valence-electron chi connectivity index (χ2n) is 7.21. The molecule has 1 aliphatic heterocycles. The molecule has 1 aromatic rings. The van der Waals surface area contributed by atoms with Gasteiger partial charge >= 0.3 is 0 Å². The summed E-state index contributed by atoms with van der Waals surface area (Å²) in [5.74, 6) is -0.426. The summed E-state index contributed by atoms with van der Waals surface area (Å²) in [6.07, 6.45) is 2.62. The van der Waals surface area contributed by atoms with Gasteiger partial charge in [0.1, 0.15) is 0 Å². The molecule has 0 aliphatic carbocycles. The van der Waals surface area contributed by atoms with Crippen molar-refractivity contribution in [2.45, 2.75) is 52.5 Å². The smallest absolute Gasteiger partial charge is 0.253 e. The lowest BCUT2D eigenvalue weighted by Crippen LogP contribution is -2.41. The van der Waals surface area contributed by atoms with Crippen LogP contribution in [0.2, 0.25) is 5.02 Å². The minimum absolute atomic E-state index is 0.0123. The maximum Gasteiger partial charge on any atom is 0.253 e. The molecule has 7 heteroatoms. The first-order chi connectivity index (χ1) is 12.8. The minimum Gasteiger partial charge on any atom is -0.350 e. The second-order valence-corrected chi connectivity index (χ2v) is 7.65.